The number of likely N-dealkylation sites (tertiary alicyclic amines) is 1. The number of carbonyl (C=O) groups excluding carboxylic acids is 2. The standard InChI is InChI=1S/C14H18N2O4/c1-8-7-11(17)20-9(2)12(8)14(19)16-5-3-10(4-6-16)13(15)18/h7,10H,3-6H2,1-2H3,(H2,15,18). The lowest BCUT2D eigenvalue weighted by Crippen LogP contribution is -2.42. The van der Waals surface area contributed by atoms with Gasteiger partial charge in [0.15, 0.2) is 0 Å². The van der Waals surface area contributed by atoms with Crippen molar-refractivity contribution in [3.63, 3.8) is 0 Å². The minimum atomic E-state index is -0.455. The van der Waals surface area contributed by atoms with Crippen LogP contribution >= 0.6 is 0 Å². The van der Waals surface area contributed by atoms with Gasteiger partial charge in [-0.25, -0.2) is 4.79 Å². The van der Waals surface area contributed by atoms with Crippen LogP contribution < -0.4 is 11.4 Å². The van der Waals surface area contributed by atoms with Gasteiger partial charge in [0, 0.05) is 25.1 Å². The summed E-state index contributed by atoms with van der Waals surface area (Å²) in [5.41, 5.74) is 5.86. The maximum atomic E-state index is 12.5. The second-order valence-corrected chi connectivity index (χ2v) is 5.15. The summed E-state index contributed by atoms with van der Waals surface area (Å²) in [4.78, 5) is 36.5. The zero-order valence-corrected chi connectivity index (χ0v) is 11.6. The Bertz CT molecular complexity index is 571. The van der Waals surface area contributed by atoms with Gasteiger partial charge in [-0.1, -0.05) is 0 Å². The summed E-state index contributed by atoms with van der Waals surface area (Å²) in [7, 11) is 0. The molecule has 20 heavy (non-hydrogen) atoms. The van der Waals surface area contributed by atoms with Crippen LogP contribution in [0.5, 0.6) is 0 Å². The van der Waals surface area contributed by atoms with Gasteiger partial charge in [0.25, 0.3) is 5.91 Å². The van der Waals surface area contributed by atoms with Gasteiger partial charge >= 0.3 is 5.63 Å². The van der Waals surface area contributed by atoms with Crippen LogP contribution in [0.25, 0.3) is 0 Å². The molecule has 2 N–H and O–H groups in total. The molecule has 0 bridgehead atoms. The van der Waals surface area contributed by atoms with E-state index in [4.69, 9.17) is 10.2 Å². The topological polar surface area (TPSA) is 93.6 Å². The van der Waals surface area contributed by atoms with Crippen molar-refractivity contribution in [2.75, 3.05) is 13.1 Å². The molecule has 1 fully saturated rings. The number of amides is 2. The highest BCUT2D eigenvalue weighted by molar-refractivity contribution is 5.96. The molecule has 2 amide bonds. The van der Waals surface area contributed by atoms with Crippen LogP contribution in [0.15, 0.2) is 15.3 Å². The number of nitrogens with zero attached hydrogens (tertiary/aromatic N) is 1. The Hall–Kier alpha value is -2.11. The Morgan fingerprint density at radius 1 is 1.30 bits per heavy atom. The smallest absolute Gasteiger partial charge is 0.336 e. The molecule has 0 unspecified atom stereocenters. The number of piperidine rings is 1. The first-order valence-corrected chi connectivity index (χ1v) is 6.60. The highest BCUT2D eigenvalue weighted by atomic mass is 16.4. The first-order chi connectivity index (χ1) is 9.40. The van der Waals surface area contributed by atoms with E-state index in [9.17, 15) is 14.4 Å². The SMILES string of the molecule is Cc1cc(=O)oc(C)c1C(=O)N1CCC(C(N)=O)CC1. The first kappa shape index (κ1) is 14.3. The molecule has 1 aromatic rings. The van der Waals surface area contributed by atoms with Gasteiger partial charge in [0.05, 0.1) is 5.56 Å². The van der Waals surface area contributed by atoms with Gasteiger partial charge in [-0.15, -0.1) is 0 Å². The molecule has 1 aromatic heterocycles. The molecule has 6 nitrogen and oxygen atoms in total. The summed E-state index contributed by atoms with van der Waals surface area (Å²) in [6.07, 6.45) is 1.16. The Balaban J connectivity index is 2.18. The van der Waals surface area contributed by atoms with E-state index in [1.165, 1.54) is 6.07 Å². The van der Waals surface area contributed by atoms with E-state index >= 15 is 0 Å². The number of rotatable bonds is 2. The molecule has 108 valence electrons. The van der Waals surface area contributed by atoms with Gasteiger partial charge in [-0.2, -0.15) is 0 Å². The van der Waals surface area contributed by atoms with Crippen LogP contribution in [-0.2, 0) is 4.79 Å². The van der Waals surface area contributed by atoms with Crippen molar-refractivity contribution in [2.24, 2.45) is 11.7 Å². The third-order valence-corrected chi connectivity index (χ3v) is 3.73. The van der Waals surface area contributed by atoms with E-state index in [2.05, 4.69) is 0 Å². The van der Waals surface area contributed by atoms with Crippen LogP contribution in [0.3, 0.4) is 0 Å². The number of hydrogen-bond acceptors (Lipinski definition) is 4. The molecule has 0 saturated carbocycles. The summed E-state index contributed by atoms with van der Waals surface area (Å²) < 4.78 is 4.98. The van der Waals surface area contributed by atoms with Gasteiger partial charge in [-0.05, 0) is 32.3 Å². The molecule has 0 aliphatic carbocycles. The van der Waals surface area contributed by atoms with Crippen LogP contribution in [0, 0.1) is 19.8 Å². The second kappa shape index (κ2) is 5.48. The van der Waals surface area contributed by atoms with Crippen LogP contribution in [0.1, 0.15) is 34.5 Å². The number of nitrogens with two attached hydrogens (primary N) is 1. The number of primary amides is 1. The predicted octanol–water partition coefficient (Wildman–Crippen LogP) is 0.594. The minimum absolute atomic E-state index is 0.157. The minimum Gasteiger partial charge on any atom is -0.427 e. The highest BCUT2D eigenvalue weighted by Crippen LogP contribution is 2.21. The lowest BCUT2D eigenvalue weighted by molar-refractivity contribution is -0.123. The Morgan fingerprint density at radius 3 is 2.40 bits per heavy atom. The quantitative estimate of drug-likeness (QED) is 0.857. The molecule has 2 heterocycles. The number of carbonyl (C=O) groups is 2. The van der Waals surface area contributed by atoms with E-state index in [-0.39, 0.29) is 17.7 Å². The fourth-order valence-corrected chi connectivity index (χ4v) is 2.60. The van der Waals surface area contributed by atoms with Crippen molar-refractivity contribution in [1.82, 2.24) is 4.90 Å². The van der Waals surface area contributed by atoms with Crippen LogP contribution in [0.4, 0.5) is 0 Å². The monoisotopic (exact) mass is 278 g/mol. The molecule has 1 aliphatic heterocycles. The van der Waals surface area contributed by atoms with Crippen molar-refractivity contribution in [1.29, 1.82) is 0 Å². The summed E-state index contributed by atoms with van der Waals surface area (Å²) >= 11 is 0. The molecule has 2 rings (SSSR count). The summed E-state index contributed by atoms with van der Waals surface area (Å²) in [6.45, 7) is 4.31. The maximum Gasteiger partial charge on any atom is 0.336 e. The third-order valence-electron chi connectivity index (χ3n) is 3.73. The maximum absolute atomic E-state index is 12.5. The van der Waals surface area contributed by atoms with E-state index in [1.807, 2.05) is 0 Å². The third kappa shape index (κ3) is 2.74. The summed E-state index contributed by atoms with van der Waals surface area (Å²) in [5.74, 6) is -0.297. The van der Waals surface area contributed by atoms with E-state index < -0.39 is 5.63 Å². The average Bonchev–Trinajstić information content (AvgIpc) is 2.37. The second-order valence-electron chi connectivity index (χ2n) is 5.15. The van der Waals surface area contributed by atoms with Crippen molar-refractivity contribution in [2.45, 2.75) is 26.7 Å². The van der Waals surface area contributed by atoms with Gasteiger partial charge in [0.2, 0.25) is 5.91 Å². The number of hydrogen-bond donors (Lipinski definition) is 1. The lowest BCUT2D eigenvalue weighted by atomic mass is 9.95. The molecule has 0 radical (unpaired) electrons. The molecule has 0 aromatic carbocycles. The normalized spacial score (nSPS) is 16.2. The van der Waals surface area contributed by atoms with E-state index in [1.54, 1.807) is 18.7 Å². The summed E-state index contributed by atoms with van der Waals surface area (Å²) in [6, 6.07) is 1.32. The van der Waals surface area contributed by atoms with Crippen molar-refractivity contribution in [3.05, 3.63) is 33.4 Å². The fourth-order valence-electron chi connectivity index (χ4n) is 2.60. The van der Waals surface area contributed by atoms with Crippen LogP contribution in [-0.4, -0.2) is 29.8 Å². The van der Waals surface area contributed by atoms with E-state index in [0.717, 1.165) is 0 Å². The van der Waals surface area contributed by atoms with Crippen molar-refractivity contribution in [3.8, 4) is 0 Å². The van der Waals surface area contributed by atoms with Gasteiger partial charge < -0.3 is 15.1 Å². The largest absolute Gasteiger partial charge is 0.427 e. The molecular formula is C14H18N2O4. The molecular weight excluding hydrogens is 260 g/mol. The van der Waals surface area contributed by atoms with Crippen molar-refractivity contribution >= 4 is 11.8 Å². The summed E-state index contributed by atoms with van der Waals surface area (Å²) in [5, 5.41) is 0. The predicted molar refractivity (Wildman–Crippen MR) is 72.3 cm³/mol. The zero-order chi connectivity index (χ0) is 14.9. The zero-order valence-electron chi connectivity index (χ0n) is 11.6. The molecule has 0 atom stereocenters. The average molecular weight is 278 g/mol. The Morgan fingerprint density at radius 2 is 1.90 bits per heavy atom. The van der Waals surface area contributed by atoms with Crippen molar-refractivity contribution < 1.29 is 14.0 Å². The number of aryl methyl sites for hydroxylation is 2. The lowest BCUT2D eigenvalue weighted by Gasteiger charge is -2.31. The van der Waals surface area contributed by atoms with Crippen LogP contribution in [0.2, 0.25) is 0 Å². The van der Waals surface area contributed by atoms with Gasteiger partial charge in [0.1, 0.15) is 5.76 Å². The molecule has 0 spiro atoms. The molecule has 1 saturated heterocycles. The fraction of sp³-hybridized carbons (Fsp3) is 0.500. The Kier molecular flexibility index (Phi) is 3.92. The highest BCUT2D eigenvalue weighted by Gasteiger charge is 2.28. The van der Waals surface area contributed by atoms with Gasteiger partial charge in [-0.3, -0.25) is 9.59 Å². The molecule has 1 aliphatic rings. The molecule has 6 heteroatoms. The first-order valence-electron chi connectivity index (χ1n) is 6.60. The van der Waals surface area contributed by atoms with E-state index in [0.29, 0.717) is 42.8 Å². The Labute approximate surface area is 116 Å².